The molecule has 1 atom stereocenters. The number of rotatable bonds is 5. The molecule has 7 nitrogen and oxygen atoms in total. The van der Waals surface area contributed by atoms with Gasteiger partial charge in [0.2, 0.25) is 5.91 Å². The standard InChI is InChI=1S/C23H21N3O4/c1-14-7-8-16-12-17(23(30)24-18(16)11-14)20-13-19(15-5-3-2-4-6-15)25-26(20)21(27)9-10-22(28)29/h2-8,11-13,20,25H,9-10H2,1H3,(H,24,30)(H,28,29)/t20-/m1/s1. The van der Waals surface area contributed by atoms with Crippen molar-refractivity contribution in [2.45, 2.75) is 25.8 Å². The van der Waals surface area contributed by atoms with Crippen molar-refractivity contribution in [2.24, 2.45) is 0 Å². The van der Waals surface area contributed by atoms with Crippen molar-refractivity contribution in [3.63, 3.8) is 0 Å². The van der Waals surface area contributed by atoms with Crippen molar-refractivity contribution in [3.05, 3.63) is 87.7 Å². The monoisotopic (exact) mass is 403 g/mol. The van der Waals surface area contributed by atoms with E-state index >= 15 is 0 Å². The Kier molecular flexibility index (Phi) is 5.10. The molecule has 1 aliphatic rings. The maximum Gasteiger partial charge on any atom is 0.303 e. The second-order valence-corrected chi connectivity index (χ2v) is 7.30. The maximum atomic E-state index is 12.9. The number of carboxylic acid groups (broad SMARTS) is 1. The molecular formula is C23H21N3O4. The van der Waals surface area contributed by atoms with E-state index in [1.807, 2.05) is 61.5 Å². The van der Waals surface area contributed by atoms with Crippen molar-refractivity contribution in [1.29, 1.82) is 0 Å². The van der Waals surface area contributed by atoms with Gasteiger partial charge >= 0.3 is 5.97 Å². The zero-order valence-corrected chi connectivity index (χ0v) is 16.4. The second kappa shape index (κ2) is 7.87. The molecule has 2 aromatic carbocycles. The zero-order valence-electron chi connectivity index (χ0n) is 16.4. The summed E-state index contributed by atoms with van der Waals surface area (Å²) < 4.78 is 0. The number of H-pyrrole nitrogens is 1. The molecule has 0 spiro atoms. The van der Waals surface area contributed by atoms with Crippen LogP contribution in [0.25, 0.3) is 16.6 Å². The average molecular weight is 403 g/mol. The molecular weight excluding hydrogens is 382 g/mol. The number of pyridine rings is 1. The number of carbonyl (C=O) groups is 2. The van der Waals surface area contributed by atoms with Crippen LogP contribution in [0.4, 0.5) is 0 Å². The van der Waals surface area contributed by atoms with E-state index in [2.05, 4.69) is 10.4 Å². The van der Waals surface area contributed by atoms with Gasteiger partial charge in [0.1, 0.15) is 6.04 Å². The van der Waals surface area contributed by atoms with Crippen molar-refractivity contribution in [1.82, 2.24) is 15.4 Å². The number of aromatic amines is 1. The molecule has 0 aliphatic carbocycles. The van der Waals surface area contributed by atoms with E-state index in [9.17, 15) is 14.4 Å². The Labute approximate surface area is 172 Å². The van der Waals surface area contributed by atoms with E-state index in [1.165, 1.54) is 5.01 Å². The van der Waals surface area contributed by atoms with Crippen molar-refractivity contribution in [3.8, 4) is 0 Å². The Balaban J connectivity index is 1.77. The lowest BCUT2D eigenvalue weighted by atomic mass is 10.0. The SMILES string of the molecule is Cc1ccc2cc([C@H]3C=C(c4ccccc4)NN3C(=O)CCC(=O)O)c(=O)[nH]c2c1. The van der Waals surface area contributed by atoms with Crippen LogP contribution < -0.4 is 11.0 Å². The van der Waals surface area contributed by atoms with Crippen LogP contribution in [0.15, 0.2) is 65.5 Å². The quantitative estimate of drug-likeness (QED) is 0.607. The Morgan fingerprint density at radius 2 is 1.83 bits per heavy atom. The first-order chi connectivity index (χ1) is 14.4. The number of fused-ring (bicyclic) bond motifs is 1. The smallest absolute Gasteiger partial charge is 0.303 e. The number of nitrogens with one attached hydrogen (secondary N) is 2. The lowest BCUT2D eigenvalue weighted by Gasteiger charge is -2.25. The predicted octanol–water partition coefficient (Wildman–Crippen LogP) is 3.13. The number of amides is 1. The summed E-state index contributed by atoms with van der Waals surface area (Å²) in [5.74, 6) is -1.44. The summed E-state index contributed by atoms with van der Waals surface area (Å²) in [5.41, 5.74) is 6.50. The Hall–Kier alpha value is -3.87. The number of hydrogen-bond donors (Lipinski definition) is 3. The Bertz CT molecular complexity index is 1210. The predicted molar refractivity (Wildman–Crippen MR) is 113 cm³/mol. The van der Waals surface area contributed by atoms with Crippen LogP contribution in [0, 0.1) is 6.92 Å². The molecule has 3 N–H and O–H groups in total. The zero-order chi connectivity index (χ0) is 21.3. The average Bonchev–Trinajstić information content (AvgIpc) is 3.17. The van der Waals surface area contributed by atoms with Crippen LogP contribution in [0.3, 0.4) is 0 Å². The van der Waals surface area contributed by atoms with Gasteiger partial charge in [0.15, 0.2) is 0 Å². The summed E-state index contributed by atoms with van der Waals surface area (Å²) in [5, 5.41) is 11.1. The van der Waals surface area contributed by atoms with Gasteiger partial charge in [0, 0.05) is 17.5 Å². The molecule has 2 heterocycles. The fraction of sp³-hybridized carbons (Fsp3) is 0.174. The summed E-state index contributed by atoms with van der Waals surface area (Å²) in [7, 11) is 0. The lowest BCUT2D eigenvalue weighted by molar-refractivity contribution is -0.142. The number of aliphatic carboxylic acids is 1. The van der Waals surface area contributed by atoms with Crippen molar-refractivity contribution < 1.29 is 14.7 Å². The Morgan fingerprint density at radius 3 is 2.57 bits per heavy atom. The third kappa shape index (κ3) is 3.82. The molecule has 30 heavy (non-hydrogen) atoms. The number of benzene rings is 2. The highest BCUT2D eigenvalue weighted by molar-refractivity contribution is 5.84. The van der Waals surface area contributed by atoms with Crippen LogP contribution in [0.5, 0.6) is 0 Å². The first-order valence-electron chi connectivity index (χ1n) is 9.64. The molecule has 0 saturated carbocycles. The molecule has 152 valence electrons. The Morgan fingerprint density at radius 1 is 1.07 bits per heavy atom. The highest BCUT2D eigenvalue weighted by Gasteiger charge is 2.32. The molecule has 4 rings (SSSR count). The van der Waals surface area contributed by atoms with Gasteiger partial charge in [0.25, 0.3) is 5.56 Å². The van der Waals surface area contributed by atoms with E-state index in [-0.39, 0.29) is 18.4 Å². The van der Waals surface area contributed by atoms with Crippen LogP contribution >= 0.6 is 0 Å². The summed E-state index contributed by atoms with van der Waals surface area (Å²) in [6, 6.07) is 16.3. The number of carbonyl (C=O) groups excluding carboxylic acids is 1. The number of carboxylic acids is 1. The number of aryl methyl sites for hydroxylation is 1. The molecule has 0 bridgehead atoms. The van der Waals surface area contributed by atoms with Gasteiger partial charge in [-0.15, -0.1) is 0 Å². The van der Waals surface area contributed by atoms with Crippen LogP contribution in [0.2, 0.25) is 0 Å². The van der Waals surface area contributed by atoms with Crippen molar-refractivity contribution >= 4 is 28.5 Å². The van der Waals surface area contributed by atoms with E-state index < -0.39 is 17.9 Å². The number of hydrogen-bond acceptors (Lipinski definition) is 4. The largest absolute Gasteiger partial charge is 0.481 e. The fourth-order valence-electron chi connectivity index (χ4n) is 3.58. The van der Waals surface area contributed by atoms with Crippen LogP contribution in [0.1, 0.15) is 35.6 Å². The van der Waals surface area contributed by atoms with Gasteiger partial charge in [-0.2, -0.15) is 0 Å². The minimum absolute atomic E-state index is 0.167. The van der Waals surface area contributed by atoms with Crippen molar-refractivity contribution in [2.75, 3.05) is 0 Å². The molecule has 3 aromatic rings. The number of aromatic nitrogens is 1. The topological polar surface area (TPSA) is 102 Å². The molecule has 1 amide bonds. The van der Waals surface area contributed by atoms with E-state index in [1.54, 1.807) is 6.07 Å². The molecule has 0 unspecified atom stereocenters. The highest BCUT2D eigenvalue weighted by Crippen LogP contribution is 2.31. The summed E-state index contributed by atoms with van der Waals surface area (Å²) >= 11 is 0. The summed E-state index contributed by atoms with van der Waals surface area (Å²) in [6.45, 7) is 1.95. The fourth-order valence-corrected chi connectivity index (χ4v) is 3.58. The van der Waals surface area contributed by atoms with Gasteiger partial charge in [-0.25, -0.2) is 5.01 Å². The van der Waals surface area contributed by atoms with Crippen LogP contribution in [-0.4, -0.2) is 27.0 Å². The van der Waals surface area contributed by atoms with Gasteiger partial charge in [-0.05, 0) is 41.6 Å². The number of hydrazine groups is 1. The minimum atomic E-state index is -1.05. The summed E-state index contributed by atoms with van der Waals surface area (Å²) in [4.78, 5) is 39.5. The van der Waals surface area contributed by atoms with Crippen LogP contribution in [-0.2, 0) is 9.59 Å². The molecule has 1 aromatic heterocycles. The van der Waals surface area contributed by atoms with Gasteiger partial charge in [-0.3, -0.25) is 19.8 Å². The summed E-state index contributed by atoms with van der Waals surface area (Å²) in [6.07, 6.45) is 1.37. The van der Waals surface area contributed by atoms with E-state index in [0.717, 1.165) is 22.0 Å². The third-order valence-electron chi connectivity index (χ3n) is 5.10. The third-order valence-corrected chi connectivity index (χ3v) is 5.10. The highest BCUT2D eigenvalue weighted by atomic mass is 16.4. The minimum Gasteiger partial charge on any atom is -0.481 e. The maximum absolute atomic E-state index is 12.9. The number of nitrogens with zero attached hydrogens (tertiary/aromatic N) is 1. The molecule has 7 heteroatoms. The van der Waals surface area contributed by atoms with Gasteiger partial charge in [0.05, 0.1) is 12.1 Å². The van der Waals surface area contributed by atoms with E-state index in [4.69, 9.17) is 5.11 Å². The molecule has 0 fully saturated rings. The normalized spacial score (nSPS) is 15.7. The molecule has 0 saturated heterocycles. The van der Waals surface area contributed by atoms with E-state index in [0.29, 0.717) is 11.3 Å². The first kappa shape index (κ1) is 19.4. The first-order valence-corrected chi connectivity index (χ1v) is 9.64. The molecule has 0 radical (unpaired) electrons. The second-order valence-electron chi connectivity index (χ2n) is 7.30. The van der Waals surface area contributed by atoms with Gasteiger partial charge in [-0.1, -0.05) is 42.5 Å². The lowest BCUT2D eigenvalue weighted by Crippen LogP contribution is -2.41. The molecule has 1 aliphatic heterocycles. The van der Waals surface area contributed by atoms with Gasteiger partial charge < -0.3 is 10.1 Å².